The molecule has 0 saturated carbocycles. The summed E-state index contributed by atoms with van der Waals surface area (Å²) < 4.78 is 41.1. The van der Waals surface area contributed by atoms with Gasteiger partial charge >= 0.3 is 16.2 Å². The van der Waals surface area contributed by atoms with Gasteiger partial charge in [-0.25, -0.2) is 4.79 Å². The fourth-order valence-electron chi connectivity index (χ4n) is 3.73. The van der Waals surface area contributed by atoms with E-state index >= 15 is 0 Å². The number of phenols is 1. The van der Waals surface area contributed by atoms with E-state index in [1.54, 1.807) is 11.0 Å². The number of fused-ring (bicyclic) bond motifs is 1. The maximum atomic E-state index is 12.6. The fraction of sp³-hybridized carbons (Fsp3) is 0.391. The molecule has 0 radical (unpaired) electrons. The predicted octanol–water partition coefficient (Wildman–Crippen LogP) is 4.42. The van der Waals surface area contributed by atoms with Crippen molar-refractivity contribution in [3.63, 3.8) is 0 Å². The van der Waals surface area contributed by atoms with Crippen molar-refractivity contribution in [1.29, 1.82) is 0 Å². The Balaban J connectivity index is 1.50. The van der Waals surface area contributed by atoms with E-state index in [-0.39, 0.29) is 28.5 Å². The standard InChI is InChI=1S/C23H26N2O7S/c1-23(2,3)30-22(27)25-12-10-15(11-13-25)16-4-9-20-19(14-16)21(24-31-20)32-33(28,29)18-7-5-17(26)6-8-18/h4-9,14-15,26H,10-13H2,1-3H3. The van der Waals surface area contributed by atoms with E-state index in [1.807, 2.05) is 32.9 Å². The molecule has 10 heteroatoms. The Morgan fingerprint density at radius 1 is 1.12 bits per heavy atom. The second-order valence-corrected chi connectivity index (χ2v) is 10.6. The number of amides is 1. The lowest BCUT2D eigenvalue weighted by Gasteiger charge is -2.33. The molecule has 3 aromatic rings. The summed E-state index contributed by atoms with van der Waals surface area (Å²) in [6.45, 7) is 6.66. The monoisotopic (exact) mass is 474 g/mol. The number of piperidine rings is 1. The summed E-state index contributed by atoms with van der Waals surface area (Å²) in [4.78, 5) is 13.9. The van der Waals surface area contributed by atoms with Crippen molar-refractivity contribution in [2.75, 3.05) is 13.1 Å². The lowest BCUT2D eigenvalue weighted by atomic mass is 9.89. The number of aromatic hydroxyl groups is 1. The highest BCUT2D eigenvalue weighted by Crippen LogP contribution is 2.34. The van der Waals surface area contributed by atoms with E-state index < -0.39 is 15.7 Å². The molecule has 1 N–H and O–H groups in total. The first kappa shape index (κ1) is 22.9. The third-order valence-electron chi connectivity index (χ3n) is 5.39. The van der Waals surface area contributed by atoms with Crippen LogP contribution < -0.4 is 4.18 Å². The van der Waals surface area contributed by atoms with Crippen LogP contribution in [0.4, 0.5) is 4.79 Å². The Morgan fingerprint density at radius 3 is 2.42 bits per heavy atom. The number of likely N-dealkylation sites (tertiary alicyclic amines) is 1. The first-order valence-electron chi connectivity index (χ1n) is 10.6. The first-order chi connectivity index (χ1) is 15.5. The average Bonchev–Trinajstić information content (AvgIpc) is 3.14. The molecule has 0 unspecified atom stereocenters. The van der Waals surface area contributed by atoms with Crippen LogP contribution in [-0.2, 0) is 14.9 Å². The quantitative estimate of drug-likeness (QED) is 0.552. The number of hydrogen-bond donors (Lipinski definition) is 1. The summed E-state index contributed by atoms with van der Waals surface area (Å²) in [6, 6.07) is 10.5. The summed E-state index contributed by atoms with van der Waals surface area (Å²) in [5.74, 6) is -0.0150. The van der Waals surface area contributed by atoms with Gasteiger partial charge < -0.3 is 23.4 Å². The van der Waals surface area contributed by atoms with Crippen LogP contribution in [0.2, 0.25) is 0 Å². The molecule has 0 aliphatic carbocycles. The molecule has 1 amide bonds. The minimum absolute atomic E-state index is 0.0526. The molecule has 4 rings (SSSR count). The second kappa shape index (κ2) is 8.58. The zero-order valence-corrected chi connectivity index (χ0v) is 19.5. The molecule has 9 nitrogen and oxygen atoms in total. The molecule has 0 spiro atoms. The number of benzene rings is 2. The van der Waals surface area contributed by atoms with Gasteiger partial charge in [-0.2, -0.15) is 8.42 Å². The molecular weight excluding hydrogens is 448 g/mol. The Morgan fingerprint density at radius 2 is 1.79 bits per heavy atom. The minimum atomic E-state index is -4.15. The van der Waals surface area contributed by atoms with E-state index in [1.165, 1.54) is 24.3 Å². The van der Waals surface area contributed by atoms with Gasteiger partial charge in [0.2, 0.25) is 0 Å². The zero-order valence-electron chi connectivity index (χ0n) is 18.6. The molecule has 1 saturated heterocycles. The molecule has 2 heterocycles. The Hall–Kier alpha value is -3.27. The molecule has 176 valence electrons. The molecule has 33 heavy (non-hydrogen) atoms. The van der Waals surface area contributed by atoms with Crippen LogP contribution in [0, 0.1) is 0 Å². The van der Waals surface area contributed by atoms with E-state index in [4.69, 9.17) is 13.4 Å². The first-order valence-corrected chi connectivity index (χ1v) is 12.0. The molecular formula is C23H26N2O7S. The Labute approximate surface area is 192 Å². The van der Waals surface area contributed by atoms with Gasteiger partial charge in [0.1, 0.15) is 16.2 Å². The number of rotatable bonds is 4. The van der Waals surface area contributed by atoms with Crippen LogP contribution >= 0.6 is 0 Å². The zero-order chi connectivity index (χ0) is 23.8. The molecule has 0 atom stereocenters. The molecule has 1 aliphatic heterocycles. The van der Waals surface area contributed by atoms with Crippen LogP contribution in [0.25, 0.3) is 11.0 Å². The maximum Gasteiger partial charge on any atom is 0.410 e. The van der Waals surface area contributed by atoms with Crippen LogP contribution in [0.3, 0.4) is 0 Å². The van der Waals surface area contributed by atoms with Gasteiger partial charge in [0.25, 0.3) is 5.88 Å². The van der Waals surface area contributed by atoms with Crippen LogP contribution in [0.5, 0.6) is 11.6 Å². The minimum Gasteiger partial charge on any atom is -0.508 e. The van der Waals surface area contributed by atoms with Crippen LogP contribution in [0.1, 0.15) is 45.1 Å². The lowest BCUT2D eigenvalue weighted by molar-refractivity contribution is 0.0205. The van der Waals surface area contributed by atoms with Gasteiger partial charge in [0.05, 0.1) is 5.39 Å². The molecule has 0 bridgehead atoms. The Bertz CT molecular complexity index is 1250. The summed E-state index contributed by atoms with van der Waals surface area (Å²) >= 11 is 0. The number of phenolic OH excluding ortho intramolecular Hbond substituents is 1. The van der Waals surface area contributed by atoms with Gasteiger partial charge in [-0.1, -0.05) is 6.07 Å². The summed E-state index contributed by atoms with van der Waals surface area (Å²) in [5, 5.41) is 13.6. The smallest absolute Gasteiger partial charge is 0.410 e. The number of aromatic nitrogens is 1. The SMILES string of the molecule is CC(C)(C)OC(=O)N1CCC(c2ccc3onc(OS(=O)(=O)c4ccc(O)cc4)c3c2)CC1. The van der Waals surface area contributed by atoms with Crippen LogP contribution in [-0.4, -0.2) is 48.4 Å². The number of hydrogen-bond acceptors (Lipinski definition) is 8. The fourth-order valence-corrected chi connectivity index (χ4v) is 4.63. The van der Waals surface area contributed by atoms with Gasteiger partial charge in [-0.15, -0.1) is 0 Å². The summed E-state index contributed by atoms with van der Waals surface area (Å²) in [5.41, 5.74) is 0.853. The van der Waals surface area contributed by atoms with Crippen molar-refractivity contribution in [2.45, 2.75) is 50.0 Å². The number of ether oxygens (including phenoxy) is 1. The molecule has 2 aromatic carbocycles. The van der Waals surface area contributed by atoms with Gasteiger partial charge in [0, 0.05) is 13.1 Å². The highest BCUT2D eigenvalue weighted by atomic mass is 32.2. The third-order valence-corrected chi connectivity index (χ3v) is 6.62. The van der Waals surface area contributed by atoms with Gasteiger partial charge in [-0.05, 0) is 86.6 Å². The average molecular weight is 475 g/mol. The number of carbonyl (C=O) groups excluding carboxylic acids is 1. The van der Waals surface area contributed by atoms with Crippen molar-refractivity contribution in [1.82, 2.24) is 10.1 Å². The van der Waals surface area contributed by atoms with Gasteiger partial charge in [0.15, 0.2) is 5.58 Å². The van der Waals surface area contributed by atoms with E-state index in [0.717, 1.165) is 18.4 Å². The van der Waals surface area contributed by atoms with Gasteiger partial charge in [-0.3, -0.25) is 0 Å². The topological polar surface area (TPSA) is 119 Å². The summed E-state index contributed by atoms with van der Waals surface area (Å²) in [7, 11) is -4.15. The number of nitrogens with zero attached hydrogens (tertiary/aromatic N) is 2. The summed E-state index contributed by atoms with van der Waals surface area (Å²) in [6.07, 6.45) is 1.18. The highest BCUT2D eigenvalue weighted by Gasteiger charge is 2.28. The van der Waals surface area contributed by atoms with Crippen molar-refractivity contribution >= 4 is 27.2 Å². The number of carbonyl (C=O) groups is 1. The van der Waals surface area contributed by atoms with Crippen molar-refractivity contribution < 1.29 is 31.8 Å². The highest BCUT2D eigenvalue weighted by molar-refractivity contribution is 7.87. The van der Waals surface area contributed by atoms with Crippen molar-refractivity contribution in [3.05, 3.63) is 48.0 Å². The van der Waals surface area contributed by atoms with Crippen LogP contribution in [0.15, 0.2) is 51.9 Å². The normalized spacial score (nSPS) is 15.5. The third kappa shape index (κ3) is 5.22. The molecule has 1 aliphatic rings. The lowest BCUT2D eigenvalue weighted by Crippen LogP contribution is -2.41. The predicted molar refractivity (Wildman–Crippen MR) is 120 cm³/mol. The van der Waals surface area contributed by atoms with E-state index in [2.05, 4.69) is 5.16 Å². The maximum absolute atomic E-state index is 12.6. The van der Waals surface area contributed by atoms with E-state index in [9.17, 15) is 18.3 Å². The second-order valence-electron chi connectivity index (χ2n) is 9.02. The Kier molecular flexibility index (Phi) is 5.96. The molecule has 1 fully saturated rings. The van der Waals surface area contributed by atoms with E-state index in [0.29, 0.717) is 24.1 Å². The van der Waals surface area contributed by atoms with Crippen molar-refractivity contribution in [2.24, 2.45) is 0 Å². The largest absolute Gasteiger partial charge is 0.508 e. The van der Waals surface area contributed by atoms with Crippen molar-refractivity contribution in [3.8, 4) is 11.6 Å². The molecule has 1 aromatic heterocycles.